The Labute approximate surface area is 240 Å². The third-order valence-electron chi connectivity index (χ3n) is 11.4. The predicted molar refractivity (Wildman–Crippen MR) is 163 cm³/mol. The highest BCUT2D eigenvalue weighted by Crippen LogP contribution is 2.56. The lowest BCUT2D eigenvalue weighted by Gasteiger charge is -2.57. The number of nitrogens with one attached hydrogen (secondary N) is 1. The molecule has 4 bridgehead atoms. The first-order valence-corrected chi connectivity index (χ1v) is 16.0. The molecule has 1 N–H and O–H groups in total. The monoisotopic (exact) mass is 532 g/mol. The van der Waals surface area contributed by atoms with E-state index in [-0.39, 0.29) is 6.04 Å². The third-order valence-corrected chi connectivity index (χ3v) is 11.4. The van der Waals surface area contributed by atoms with Crippen LogP contribution < -0.4 is 10.1 Å². The fraction of sp³-hybridized carbons (Fsp3) is 0.514. The van der Waals surface area contributed by atoms with Crippen molar-refractivity contribution in [3.05, 3.63) is 95.1 Å². The molecule has 1 heterocycles. The molecule has 5 saturated carbocycles. The van der Waals surface area contributed by atoms with Crippen molar-refractivity contribution < 1.29 is 4.74 Å². The maximum Gasteiger partial charge on any atom is 0.119 e. The number of ether oxygens (including phenoxy) is 1. The van der Waals surface area contributed by atoms with Gasteiger partial charge in [0.1, 0.15) is 5.75 Å². The Balaban J connectivity index is 1.14. The van der Waals surface area contributed by atoms with Crippen LogP contribution in [0.2, 0.25) is 0 Å². The molecule has 0 saturated heterocycles. The number of benzene rings is 3. The zero-order valence-electron chi connectivity index (χ0n) is 24.0. The first-order chi connectivity index (χ1) is 19.6. The van der Waals surface area contributed by atoms with Crippen LogP contribution in [0, 0.1) is 23.7 Å². The summed E-state index contributed by atoms with van der Waals surface area (Å²) in [5, 5.41) is 4.12. The summed E-state index contributed by atoms with van der Waals surface area (Å²) < 4.78 is 5.69. The van der Waals surface area contributed by atoms with Gasteiger partial charge in [-0.05, 0) is 128 Å². The number of rotatable bonds is 7. The normalized spacial score (nSPS) is 32.9. The van der Waals surface area contributed by atoms with Gasteiger partial charge in [-0.25, -0.2) is 0 Å². The minimum atomic E-state index is 0.258. The minimum Gasteiger partial charge on any atom is -0.497 e. The largest absolute Gasteiger partial charge is 0.497 e. The first-order valence-electron chi connectivity index (χ1n) is 16.0. The second-order valence-electron chi connectivity index (χ2n) is 14.0. The summed E-state index contributed by atoms with van der Waals surface area (Å²) in [4.78, 5) is 2.84. The highest BCUT2D eigenvalue weighted by Gasteiger charge is 2.51. The van der Waals surface area contributed by atoms with Crippen LogP contribution >= 0.6 is 0 Å². The average molecular weight is 533 g/mol. The SMILES string of the molecule is COc1ccc2c(c1)C[C@H](C1CCC1)N(Cc1ccccc1)[C@H]2c1ccc(NC23CC4CC(CC(C4)C2)C3)cc1. The Hall–Kier alpha value is -2.78. The van der Waals surface area contributed by atoms with Crippen LogP contribution in [0.25, 0.3) is 0 Å². The van der Waals surface area contributed by atoms with E-state index in [1.165, 1.54) is 85.7 Å². The molecule has 0 unspecified atom stereocenters. The van der Waals surface area contributed by atoms with Gasteiger partial charge >= 0.3 is 0 Å². The predicted octanol–water partition coefficient (Wildman–Crippen LogP) is 8.39. The Kier molecular flexibility index (Phi) is 6.21. The second-order valence-corrected chi connectivity index (χ2v) is 14.0. The first kappa shape index (κ1) is 25.0. The topological polar surface area (TPSA) is 24.5 Å². The molecule has 3 aromatic carbocycles. The Morgan fingerprint density at radius 2 is 1.55 bits per heavy atom. The molecule has 0 aromatic heterocycles. The number of hydrogen-bond acceptors (Lipinski definition) is 3. The molecule has 2 atom stereocenters. The third kappa shape index (κ3) is 4.45. The molecule has 0 amide bonds. The summed E-state index contributed by atoms with van der Waals surface area (Å²) in [6.45, 7) is 0.991. The van der Waals surface area contributed by atoms with Crippen molar-refractivity contribution in [1.29, 1.82) is 0 Å². The van der Waals surface area contributed by atoms with Crippen molar-refractivity contribution in [3.8, 4) is 5.75 Å². The smallest absolute Gasteiger partial charge is 0.119 e. The van der Waals surface area contributed by atoms with Crippen LogP contribution in [-0.2, 0) is 13.0 Å². The summed E-state index contributed by atoms with van der Waals surface area (Å²) in [5.74, 6) is 4.65. The van der Waals surface area contributed by atoms with Gasteiger partial charge < -0.3 is 10.1 Å². The van der Waals surface area contributed by atoms with Crippen LogP contribution in [0.3, 0.4) is 0 Å². The lowest BCUT2D eigenvalue weighted by molar-refractivity contribution is 0.0107. The number of anilines is 1. The average Bonchev–Trinajstić information content (AvgIpc) is 2.92. The molecular weight excluding hydrogens is 488 g/mol. The summed E-state index contributed by atoms with van der Waals surface area (Å²) in [5.41, 5.74) is 7.42. The van der Waals surface area contributed by atoms with Crippen molar-refractivity contribution in [1.82, 2.24) is 4.90 Å². The second kappa shape index (κ2) is 9.94. The van der Waals surface area contributed by atoms with E-state index < -0.39 is 0 Å². The van der Waals surface area contributed by atoms with Crippen LogP contribution in [0.5, 0.6) is 5.75 Å². The Morgan fingerprint density at radius 1 is 0.850 bits per heavy atom. The minimum absolute atomic E-state index is 0.258. The van der Waals surface area contributed by atoms with Crippen LogP contribution in [0.15, 0.2) is 72.8 Å². The standard InChI is InChI=1S/C37H44N2O/c1-40-33-14-15-34-31(19-33)20-35(29-8-5-9-29)39(24-25-6-3-2-4-7-25)36(34)30-10-12-32(13-11-30)38-37-21-26-16-27(22-37)18-28(17-26)23-37/h2-4,6-7,10-15,19,26-29,35-36,38H,5,8-9,16-18,20-24H2,1H3/t26?,27?,28?,35-,36+,37?/m1/s1. The van der Waals surface area contributed by atoms with E-state index >= 15 is 0 Å². The van der Waals surface area contributed by atoms with E-state index in [1.54, 1.807) is 7.11 Å². The molecule has 0 spiro atoms. The molecule has 0 radical (unpaired) electrons. The molecular formula is C37H44N2O. The molecule has 208 valence electrons. The fourth-order valence-corrected chi connectivity index (χ4v) is 9.82. The van der Waals surface area contributed by atoms with Gasteiger partial charge in [-0.2, -0.15) is 0 Å². The van der Waals surface area contributed by atoms with E-state index in [2.05, 4.69) is 83.0 Å². The lowest BCUT2D eigenvalue weighted by Crippen LogP contribution is -2.54. The summed E-state index contributed by atoms with van der Waals surface area (Å²) in [7, 11) is 1.79. The van der Waals surface area contributed by atoms with Crippen molar-refractivity contribution in [2.24, 2.45) is 23.7 Å². The van der Waals surface area contributed by atoms with Gasteiger partial charge in [0.15, 0.2) is 0 Å². The van der Waals surface area contributed by atoms with Crippen LogP contribution in [-0.4, -0.2) is 23.6 Å². The molecule has 9 rings (SSSR count). The van der Waals surface area contributed by atoms with Crippen molar-refractivity contribution in [3.63, 3.8) is 0 Å². The molecule has 40 heavy (non-hydrogen) atoms. The maximum atomic E-state index is 5.69. The van der Waals surface area contributed by atoms with Gasteiger partial charge in [0.2, 0.25) is 0 Å². The number of fused-ring (bicyclic) bond motifs is 1. The van der Waals surface area contributed by atoms with Crippen LogP contribution in [0.1, 0.15) is 86.1 Å². The van der Waals surface area contributed by atoms with Gasteiger partial charge in [-0.1, -0.05) is 55.0 Å². The van der Waals surface area contributed by atoms with E-state index in [1.807, 2.05) is 0 Å². The highest BCUT2D eigenvalue weighted by molar-refractivity contribution is 5.51. The van der Waals surface area contributed by atoms with E-state index in [0.717, 1.165) is 42.4 Å². The van der Waals surface area contributed by atoms with Gasteiger partial charge in [0.05, 0.1) is 13.2 Å². The quantitative estimate of drug-likeness (QED) is 0.331. The van der Waals surface area contributed by atoms with E-state index in [9.17, 15) is 0 Å². The molecule has 3 heteroatoms. The molecule has 5 aliphatic carbocycles. The molecule has 1 aliphatic heterocycles. The van der Waals surface area contributed by atoms with E-state index in [0.29, 0.717) is 11.6 Å². The van der Waals surface area contributed by atoms with Gasteiger partial charge in [0.25, 0.3) is 0 Å². The Bertz CT molecular complexity index is 1310. The van der Waals surface area contributed by atoms with Gasteiger partial charge in [-0.15, -0.1) is 0 Å². The van der Waals surface area contributed by atoms with Crippen molar-refractivity contribution >= 4 is 5.69 Å². The molecule has 3 nitrogen and oxygen atoms in total. The molecule has 3 aromatic rings. The zero-order valence-corrected chi connectivity index (χ0v) is 24.0. The fourth-order valence-electron chi connectivity index (χ4n) is 9.82. The van der Waals surface area contributed by atoms with Crippen LogP contribution in [0.4, 0.5) is 5.69 Å². The summed E-state index contributed by atoms with van der Waals surface area (Å²) in [6.07, 6.45) is 13.8. The lowest BCUT2D eigenvalue weighted by atomic mass is 9.53. The zero-order chi connectivity index (χ0) is 26.7. The number of methoxy groups -OCH3 is 1. The van der Waals surface area contributed by atoms with Gasteiger partial charge in [-0.3, -0.25) is 4.90 Å². The van der Waals surface area contributed by atoms with Crippen molar-refractivity contribution in [2.75, 3.05) is 12.4 Å². The summed E-state index contributed by atoms with van der Waals surface area (Å²) >= 11 is 0. The molecule has 5 fully saturated rings. The Morgan fingerprint density at radius 3 is 2.17 bits per heavy atom. The summed E-state index contributed by atoms with van der Waals surface area (Å²) in [6, 6.07) is 28.4. The van der Waals surface area contributed by atoms with Crippen molar-refractivity contribution in [2.45, 2.75) is 88.4 Å². The molecule has 6 aliphatic rings. The maximum absolute atomic E-state index is 5.69. The highest BCUT2D eigenvalue weighted by atomic mass is 16.5. The van der Waals surface area contributed by atoms with E-state index in [4.69, 9.17) is 4.74 Å². The van der Waals surface area contributed by atoms with Gasteiger partial charge in [0, 0.05) is 23.8 Å². The number of hydrogen-bond donors (Lipinski definition) is 1. The number of nitrogens with zero attached hydrogens (tertiary/aromatic N) is 1.